The second-order valence-corrected chi connectivity index (χ2v) is 8.57. The van der Waals surface area contributed by atoms with Gasteiger partial charge in [0.15, 0.2) is 6.10 Å². The molecule has 0 fully saturated rings. The van der Waals surface area contributed by atoms with Gasteiger partial charge in [-0.15, -0.1) is 0 Å². The van der Waals surface area contributed by atoms with Crippen LogP contribution in [0.2, 0.25) is 10.0 Å². The van der Waals surface area contributed by atoms with Gasteiger partial charge >= 0.3 is 0 Å². The van der Waals surface area contributed by atoms with Crippen LogP contribution in [-0.4, -0.2) is 33.2 Å². The number of anilines is 1. The van der Waals surface area contributed by atoms with Crippen LogP contribution in [0.15, 0.2) is 42.5 Å². The van der Waals surface area contributed by atoms with E-state index in [1.54, 1.807) is 42.5 Å². The number of amides is 1. The summed E-state index contributed by atoms with van der Waals surface area (Å²) in [5, 5.41) is 3.66. The van der Waals surface area contributed by atoms with Crippen LogP contribution in [0.25, 0.3) is 0 Å². The number of carbonyl (C=O) groups is 1. The Kier molecular flexibility index (Phi) is 5.32. The maximum atomic E-state index is 12.5. The molecule has 3 rings (SSSR count). The Hall–Kier alpha value is -1.96. The summed E-state index contributed by atoms with van der Waals surface area (Å²) in [6.07, 6.45) is 0.128. The molecule has 0 bridgehead atoms. The Morgan fingerprint density at radius 1 is 1.27 bits per heavy atom. The number of halogens is 2. The Balaban J connectivity index is 1.76. The van der Waals surface area contributed by atoms with Crippen molar-refractivity contribution in [2.45, 2.75) is 12.6 Å². The number of benzene rings is 2. The highest BCUT2D eigenvalue weighted by Crippen LogP contribution is 2.34. The Morgan fingerprint density at radius 2 is 2.00 bits per heavy atom. The van der Waals surface area contributed by atoms with Crippen LogP contribution in [0, 0.1) is 0 Å². The fourth-order valence-electron chi connectivity index (χ4n) is 2.61. The molecule has 2 aromatic rings. The first-order valence-electron chi connectivity index (χ1n) is 7.71. The van der Waals surface area contributed by atoms with Crippen molar-refractivity contribution in [1.82, 2.24) is 5.32 Å². The molecule has 0 aliphatic carbocycles. The molecule has 0 saturated heterocycles. The van der Waals surface area contributed by atoms with Crippen LogP contribution in [0.3, 0.4) is 0 Å². The van der Waals surface area contributed by atoms with E-state index >= 15 is 0 Å². The van der Waals surface area contributed by atoms with Crippen molar-refractivity contribution in [3.8, 4) is 5.75 Å². The molecule has 9 heteroatoms. The monoisotopic (exact) mass is 414 g/mol. The first kappa shape index (κ1) is 18.8. The van der Waals surface area contributed by atoms with Gasteiger partial charge in [0.05, 0.1) is 18.5 Å². The normalized spacial score (nSPS) is 16.6. The van der Waals surface area contributed by atoms with E-state index in [1.165, 1.54) is 4.31 Å². The number of nitrogens with zero attached hydrogens (tertiary/aromatic N) is 1. The predicted octanol–water partition coefficient (Wildman–Crippen LogP) is 2.84. The Bertz CT molecular complexity index is 950. The molecule has 26 heavy (non-hydrogen) atoms. The summed E-state index contributed by atoms with van der Waals surface area (Å²) in [4.78, 5) is 12.5. The number of rotatable bonds is 4. The molecule has 1 atom stereocenters. The van der Waals surface area contributed by atoms with Crippen molar-refractivity contribution in [2.75, 3.05) is 17.1 Å². The van der Waals surface area contributed by atoms with E-state index in [0.717, 1.165) is 6.26 Å². The molecule has 0 aromatic heterocycles. The lowest BCUT2D eigenvalue weighted by atomic mass is 10.2. The molecule has 1 aliphatic heterocycles. The van der Waals surface area contributed by atoms with Crippen LogP contribution in [0.5, 0.6) is 5.75 Å². The van der Waals surface area contributed by atoms with Crippen molar-refractivity contribution in [1.29, 1.82) is 0 Å². The molecule has 138 valence electrons. The number of nitrogens with one attached hydrogen (secondary N) is 1. The zero-order valence-corrected chi connectivity index (χ0v) is 16.1. The average Bonchev–Trinajstić information content (AvgIpc) is 2.59. The van der Waals surface area contributed by atoms with Gasteiger partial charge in [0.25, 0.3) is 5.91 Å². The lowest BCUT2D eigenvalue weighted by molar-refractivity contribution is -0.127. The van der Waals surface area contributed by atoms with Gasteiger partial charge in [-0.2, -0.15) is 0 Å². The van der Waals surface area contributed by atoms with Crippen LogP contribution in [-0.2, 0) is 21.4 Å². The summed E-state index contributed by atoms with van der Waals surface area (Å²) in [7, 11) is -3.55. The minimum absolute atomic E-state index is 0.101. The number of fused-ring (bicyclic) bond motifs is 1. The van der Waals surface area contributed by atoms with Crippen molar-refractivity contribution >= 4 is 44.8 Å². The van der Waals surface area contributed by atoms with Crippen LogP contribution >= 0.6 is 23.2 Å². The largest absolute Gasteiger partial charge is 0.476 e. The maximum Gasteiger partial charge on any atom is 0.263 e. The second kappa shape index (κ2) is 7.34. The van der Waals surface area contributed by atoms with Gasteiger partial charge in [-0.05, 0) is 29.8 Å². The first-order chi connectivity index (χ1) is 12.3. The summed E-state index contributed by atoms with van der Waals surface area (Å²) in [6.45, 7) is 0.0747. The summed E-state index contributed by atoms with van der Waals surface area (Å²) in [5.74, 6) is -0.0898. The summed E-state index contributed by atoms with van der Waals surface area (Å²) in [6, 6.07) is 11.7. The Morgan fingerprint density at radius 3 is 2.69 bits per heavy atom. The molecular formula is C17H16Cl2N2O4S. The van der Waals surface area contributed by atoms with Gasteiger partial charge in [0.2, 0.25) is 10.0 Å². The number of hydrogen-bond donors (Lipinski definition) is 1. The molecule has 1 unspecified atom stereocenters. The number of ether oxygens (including phenoxy) is 1. The quantitative estimate of drug-likeness (QED) is 0.834. The molecule has 0 radical (unpaired) electrons. The highest BCUT2D eigenvalue weighted by atomic mass is 35.5. The zero-order chi connectivity index (χ0) is 18.9. The third-order valence-electron chi connectivity index (χ3n) is 3.90. The molecule has 0 saturated carbocycles. The maximum absolute atomic E-state index is 12.5. The molecule has 1 amide bonds. The topological polar surface area (TPSA) is 75.7 Å². The van der Waals surface area contributed by atoms with E-state index in [4.69, 9.17) is 27.9 Å². The molecule has 1 aliphatic rings. The zero-order valence-electron chi connectivity index (χ0n) is 13.8. The third kappa shape index (κ3) is 4.06. The van der Waals surface area contributed by atoms with Gasteiger partial charge in [-0.3, -0.25) is 9.10 Å². The van der Waals surface area contributed by atoms with Gasteiger partial charge in [0.1, 0.15) is 5.75 Å². The first-order valence-corrected chi connectivity index (χ1v) is 10.3. The number of sulfonamides is 1. The SMILES string of the molecule is CS(=O)(=O)N1CC(C(=O)NCc2ccc(Cl)cc2Cl)Oc2ccccc21. The number of carbonyl (C=O) groups excluding carboxylic acids is 1. The summed E-state index contributed by atoms with van der Waals surface area (Å²) in [5.41, 5.74) is 1.11. The van der Waals surface area contributed by atoms with Crippen LogP contribution in [0.1, 0.15) is 5.56 Å². The predicted molar refractivity (Wildman–Crippen MR) is 101 cm³/mol. The smallest absolute Gasteiger partial charge is 0.263 e. The molecule has 1 heterocycles. The van der Waals surface area contributed by atoms with Gasteiger partial charge in [-0.1, -0.05) is 41.4 Å². The number of hydrogen-bond acceptors (Lipinski definition) is 4. The van der Waals surface area contributed by atoms with E-state index in [9.17, 15) is 13.2 Å². The van der Waals surface area contributed by atoms with E-state index in [-0.39, 0.29) is 13.1 Å². The van der Waals surface area contributed by atoms with Crippen molar-refractivity contribution in [3.63, 3.8) is 0 Å². The highest BCUT2D eigenvalue weighted by Gasteiger charge is 2.34. The fraction of sp³-hybridized carbons (Fsp3) is 0.235. The summed E-state index contributed by atoms with van der Waals surface area (Å²) >= 11 is 11.9. The van der Waals surface area contributed by atoms with Crippen LogP contribution in [0.4, 0.5) is 5.69 Å². The van der Waals surface area contributed by atoms with Gasteiger partial charge in [0, 0.05) is 16.6 Å². The van der Waals surface area contributed by atoms with Gasteiger partial charge in [-0.25, -0.2) is 8.42 Å². The van der Waals surface area contributed by atoms with E-state index in [1.807, 2.05) is 0 Å². The second-order valence-electron chi connectivity index (χ2n) is 5.82. The van der Waals surface area contributed by atoms with E-state index in [2.05, 4.69) is 5.32 Å². The molecule has 6 nitrogen and oxygen atoms in total. The fourth-order valence-corrected chi connectivity index (χ4v) is 4.00. The van der Waals surface area contributed by atoms with Gasteiger partial charge < -0.3 is 10.1 Å². The molecular weight excluding hydrogens is 399 g/mol. The third-order valence-corrected chi connectivity index (χ3v) is 5.63. The standard InChI is InChI=1S/C17H16Cl2N2O4S/c1-26(23,24)21-10-16(25-15-5-3-2-4-14(15)21)17(22)20-9-11-6-7-12(18)8-13(11)19/h2-8,16H,9-10H2,1H3,(H,20,22). The van der Waals surface area contributed by atoms with Crippen LogP contribution < -0.4 is 14.4 Å². The van der Waals surface area contributed by atoms with Crippen molar-refractivity contribution < 1.29 is 17.9 Å². The summed E-state index contributed by atoms with van der Waals surface area (Å²) < 4.78 is 31.0. The molecule has 0 spiro atoms. The average molecular weight is 415 g/mol. The van der Waals surface area contributed by atoms with Crippen molar-refractivity contribution in [2.24, 2.45) is 0 Å². The minimum atomic E-state index is -3.55. The number of para-hydroxylation sites is 2. The lowest BCUT2D eigenvalue weighted by Crippen LogP contribution is -2.50. The van der Waals surface area contributed by atoms with E-state index < -0.39 is 22.0 Å². The van der Waals surface area contributed by atoms with E-state index in [0.29, 0.717) is 27.0 Å². The minimum Gasteiger partial charge on any atom is -0.476 e. The molecule has 1 N–H and O–H groups in total. The lowest BCUT2D eigenvalue weighted by Gasteiger charge is -2.33. The molecule has 2 aromatic carbocycles. The Labute approximate surface area is 161 Å². The van der Waals surface area contributed by atoms with Crippen molar-refractivity contribution in [3.05, 3.63) is 58.1 Å². The highest BCUT2D eigenvalue weighted by molar-refractivity contribution is 7.92.